The summed E-state index contributed by atoms with van der Waals surface area (Å²) in [4.78, 5) is 0. The Labute approximate surface area is 157 Å². The second-order valence-corrected chi connectivity index (χ2v) is 6.99. The van der Waals surface area contributed by atoms with Crippen LogP contribution in [-0.2, 0) is 13.1 Å². The van der Waals surface area contributed by atoms with Crippen LogP contribution in [-0.4, -0.2) is 22.3 Å². The van der Waals surface area contributed by atoms with E-state index < -0.39 is 6.10 Å². The lowest BCUT2D eigenvalue weighted by atomic mass is 10.2. The Hall–Kier alpha value is -2.33. The first-order valence-electron chi connectivity index (χ1n) is 8.81. The highest BCUT2D eigenvalue weighted by Crippen LogP contribution is 2.28. The average molecular weight is 365 g/mol. The summed E-state index contributed by atoms with van der Waals surface area (Å²) >= 11 is 5.91. The fraction of sp³-hybridized carbons (Fsp3) is 0.182. The Morgan fingerprint density at radius 1 is 0.846 bits per heavy atom. The first kappa shape index (κ1) is 17.1. The van der Waals surface area contributed by atoms with Crippen LogP contribution in [0.4, 0.5) is 0 Å². The standard InChI is InChI=1S/C22H21ClN2O/c23-17-11-9-16(10-12-17)13-24-14-18(26)15-25-21-7-3-1-5-19(21)20-6-2-4-8-22(20)25/h1-12,18,24,26H,13-15H2. The van der Waals surface area contributed by atoms with Gasteiger partial charge in [-0.25, -0.2) is 0 Å². The first-order valence-corrected chi connectivity index (χ1v) is 9.19. The number of rotatable bonds is 6. The smallest absolute Gasteiger partial charge is 0.0843 e. The molecule has 0 aliphatic heterocycles. The molecule has 26 heavy (non-hydrogen) atoms. The van der Waals surface area contributed by atoms with Gasteiger partial charge in [0.15, 0.2) is 0 Å². The van der Waals surface area contributed by atoms with Crippen molar-refractivity contribution in [1.82, 2.24) is 9.88 Å². The van der Waals surface area contributed by atoms with Crippen molar-refractivity contribution in [3.8, 4) is 0 Å². The summed E-state index contributed by atoms with van der Waals surface area (Å²) in [5, 5.41) is 17.1. The molecule has 2 N–H and O–H groups in total. The molecule has 0 saturated carbocycles. The van der Waals surface area contributed by atoms with Gasteiger partial charge in [-0.3, -0.25) is 0 Å². The summed E-state index contributed by atoms with van der Waals surface area (Å²) in [6.45, 7) is 1.80. The van der Waals surface area contributed by atoms with Crippen molar-refractivity contribution >= 4 is 33.4 Å². The van der Waals surface area contributed by atoms with Crippen LogP contribution in [0, 0.1) is 0 Å². The van der Waals surface area contributed by atoms with Crippen LogP contribution < -0.4 is 5.32 Å². The third-order valence-corrected chi connectivity index (χ3v) is 4.95. The van der Waals surface area contributed by atoms with Crippen LogP contribution in [0.5, 0.6) is 0 Å². The molecule has 4 aromatic rings. The predicted octanol–water partition coefficient (Wildman–Crippen LogP) is 4.60. The molecule has 0 amide bonds. The van der Waals surface area contributed by atoms with Gasteiger partial charge in [-0.2, -0.15) is 0 Å². The molecule has 0 fully saturated rings. The largest absolute Gasteiger partial charge is 0.390 e. The highest BCUT2D eigenvalue weighted by atomic mass is 35.5. The highest BCUT2D eigenvalue weighted by molar-refractivity contribution is 6.30. The molecule has 1 heterocycles. The number of aliphatic hydroxyl groups is 1. The van der Waals surface area contributed by atoms with Crippen molar-refractivity contribution in [2.24, 2.45) is 0 Å². The molecular formula is C22H21ClN2O. The van der Waals surface area contributed by atoms with Crippen LogP contribution >= 0.6 is 11.6 Å². The van der Waals surface area contributed by atoms with E-state index in [4.69, 9.17) is 11.6 Å². The van der Waals surface area contributed by atoms with Gasteiger partial charge >= 0.3 is 0 Å². The molecule has 4 heteroatoms. The maximum atomic E-state index is 10.6. The van der Waals surface area contributed by atoms with E-state index in [-0.39, 0.29) is 0 Å². The van der Waals surface area contributed by atoms with E-state index in [1.165, 1.54) is 10.8 Å². The number of hydrogen-bond acceptors (Lipinski definition) is 2. The van der Waals surface area contributed by atoms with E-state index in [1.807, 2.05) is 36.4 Å². The van der Waals surface area contributed by atoms with Crippen LogP contribution in [0.1, 0.15) is 5.56 Å². The molecule has 4 rings (SSSR count). The maximum Gasteiger partial charge on any atom is 0.0843 e. The van der Waals surface area contributed by atoms with E-state index in [0.717, 1.165) is 21.6 Å². The zero-order valence-corrected chi connectivity index (χ0v) is 15.2. The fourth-order valence-electron chi connectivity index (χ4n) is 3.46. The minimum atomic E-state index is -0.471. The van der Waals surface area contributed by atoms with Gasteiger partial charge in [0.25, 0.3) is 0 Å². The summed E-state index contributed by atoms with van der Waals surface area (Å²) in [6.07, 6.45) is -0.471. The normalized spacial score (nSPS) is 12.7. The number of halogens is 1. The van der Waals surface area contributed by atoms with Crippen LogP contribution in [0.2, 0.25) is 5.02 Å². The number of nitrogens with zero attached hydrogens (tertiary/aromatic N) is 1. The number of benzene rings is 3. The van der Waals surface area contributed by atoms with Crippen molar-refractivity contribution in [2.45, 2.75) is 19.2 Å². The molecule has 3 aromatic carbocycles. The summed E-state index contributed by atoms with van der Waals surface area (Å²) in [5.41, 5.74) is 3.47. The Morgan fingerprint density at radius 3 is 2.04 bits per heavy atom. The topological polar surface area (TPSA) is 37.2 Å². The average Bonchev–Trinajstić information content (AvgIpc) is 2.98. The highest BCUT2D eigenvalue weighted by Gasteiger charge is 2.13. The zero-order chi connectivity index (χ0) is 17.9. The molecule has 0 aliphatic rings. The van der Waals surface area contributed by atoms with Gasteiger partial charge < -0.3 is 15.0 Å². The Kier molecular flexibility index (Phi) is 4.93. The lowest BCUT2D eigenvalue weighted by Gasteiger charge is -2.15. The van der Waals surface area contributed by atoms with Gasteiger partial charge in [-0.1, -0.05) is 60.1 Å². The molecule has 1 aromatic heterocycles. The third kappa shape index (κ3) is 3.47. The van der Waals surface area contributed by atoms with Crippen molar-refractivity contribution in [3.05, 3.63) is 83.4 Å². The van der Waals surface area contributed by atoms with Crippen molar-refractivity contribution < 1.29 is 5.11 Å². The van der Waals surface area contributed by atoms with E-state index in [2.05, 4.69) is 46.3 Å². The molecular weight excluding hydrogens is 344 g/mol. The molecule has 0 spiro atoms. The number of aliphatic hydroxyl groups excluding tert-OH is 1. The van der Waals surface area contributed by atoms with Gasteiger partial charge in [-0.15, -0.1) is 0 Å². The van der Waals surface area contributed by atoms with Crippen LogP contribution in [0.25, 0.3) is 21.8 Å². The van der Waals surface area contributed by atoms with Crippen molar-refractivity contribution in [3.63, 3.8) is 0 Å². The van der Waals surface area contributed by atoms with Gasteiger partial charge in [0, 0.05) is 39.9 Å². The molecule has 0 bridgehead atoms. The van der Waals surface area contributed by atoms with E-state index in [0.29, 0.717) is 19.6 Å². The molecule has 0 radical (unpaired) electrons. The third-order valence-electron chi connectivity index (χ3n) is 4.70. The number of hydrogen-bond donors (Lipinski definition) is 2. The van der Waals surface area contributed by atoms with Gasteiger partial charge in [0.05, 0.1) is 12.6 Å². The second kappa shape index (κ2) is 7.50. The Morgan fingerprint density at radius 2 is 1.42 bits per heavy atom. The van der Waals surface area contributed by atoms with E-state index in [1.54, 1.807) is 0 Å². The van der Waals surface area contributed by atoms with E-state index in [9.17, 15) is 5.11 Å². The molecule has 132 valence electrons. The van der Waals surface area contributed by atoms with E-state index >= 15 is 0 Å². The number of fused-ring (bicyclic) bond motifs is 3. The summed E-state index contributed by atoms with van der Waals surface area (Å²) in [6, 6.07) is 24.5. The lowest BCUT2D eigenvalue weighted by Crippen LogP contribution is -2.29. The molecule has 3 nitrogen and oxygen atoms in total. The molecule has 0 saturated heterocycles. The fourth-order valence-corrected chi connectivity index (χ4v) is 3.59. The lowest BCUT2D eigenvalue weighted by molar-refractivity contribution is 0.154. The minimum absolute atomic E-state index is 0.471. The molecule has 1 unspecified atom stereocenters. The predicted molar refractivity (Wildman–Crippen MR) is 109 cm³/mol. The molecule has 0 aliphatic carbocycles. The molecule has 1 atom stereocenters. The SMILES string of the molecule is OC(CNCc1ccc(Cl)cc1)Cn1c2ccccc2c2ccccc21. The zero-order valence-electron chi connectivity index (χ0n) is 14.4. The maximum absolute atomic E-state index is 10.6. The van der Waals surface area contributed by atoms with Gasteiger partial charge in [0.2, 0.25) is 0 Å². The Balaban J connectivity index is 1.48. The number of aromatic nitrogens is 1. The minimum Gasteiger partial charge on any atom is -0.390 e. The summed E-state index contributed by atoms with van der Waals surface area (Å²) in [5.74, 6) is 0. The summed E-state index contributed by atoms with van der Waals surface area (Å²) in [7, 11) is 0. The Bertz CT molecular complexity index is 970. The van der Waals surface area contributed by atoms with Gasteiger partial charge in [-0.05, 0) is 29.8 Å². The monoisotopic (exact) mass is 364 g/mol. The number of nitrogens with one attached hydrogen (secondary N) is 1. The van der Waals surface area contributed by atoms with Crippen LogP contribution in [0.15, 0.2) is 72.8 Å². The van der Waals surface area contributed by atoms with Crippen molar-refractivity contribution in [1.29, 1.82) is 0 Å². The van der Waals surface area contributed by atoms with Crippen LogP contribution in [0.3, 0.4) is 0 Å². The number of para-hydroxylation sites is 2. The van der Waals surface area contributed by atoms with Crippen molar-refractivity contribution in [2.75, 3.05) is 6.54 Å². The second-order valence-electron chi connectivity index (χ2n) is 6.56. The van der Waals surface area contributed by atoms with Gasteiger partial charge in [0.1, 0.15) is 0 Å². The summed E-state index contributed by atoms with van der Waals surface area (Å²) < 4.78 is 2.21. The first-order chi connectivity index (χ1) is 12.7. The quantitative estimate of drug-likeness (QED) is 0.524.